The third-order valence-electron chi connectivity index (χ3n) is 1.82. The molecule has 0 fully saturated rings. The lowest BCUT2D eigenvalue weighted by Crippen LogP contribution is -2.20. The van der Waals surface area contributed by atoms with Crippen molar-refractivity contribution in [2.45, 2.75) is 30.4 Å². The van der Waals surface area contributed by atoms with Crippen molar-refractivity contribution in [2.75, 3.05) is 5.75 Å². The number of nitrogens with one attached hydrogen (secondary N) is 1. The molecule has 1 aromatic rings. The van der Waals surface area contributed by atoms with E-state index in [0.29, 0.717) is 5.16 Å². The summed E-state index contributed by atoms with van der Waals surface area (Å²) in [7, 11) is 0. The van der Waals surface area contributed by atoms with Crippen molar-refractivity contribution < 1.29 is 9.90 Å². The first-order valence-corrected chi connectivity index (χ1v) is 6.02. The van der Waals surface area contributed by atoms with Gasteiger partial charge >= 0.3 is 11.7 Å². The van der Waals surface area contributed by atoms with Crippen LogP contribution in [0.15, 0.2) is 9.95 Å². The number of halogens is 1. The molecular formula is C8H12ClN3O3S. The minimum absolute atomic E-state index is 0.0349. The lowest BCUT2D eigenvalue weighted by atomic mass is 10.4. The molecule has 1 rings (SSSR count). The van der Waals surface area contributed by atoms with E-state index in [4.69, 9.17) is 16.7 Å². The second-order valence-electron chi connectivity index (χ2n) is 3.39. The highest BCUT2D eigenvalue weighted by molar-refractivity contribution is 7.99. The van der Waals surface area contributed by atoms with Crippen LogP contribution in [0.3, 0.4) is 0 Å². The predicted molar refractivity (Wildman–Crippen MR) is 61.2 cm³/mol. The third kappa shape index (κ3) is 3.02. The normalized spacial score (nSPS) is 13.0. The van der Waals surface area contributed by atoms with Crippen molar-refractivity contribution in [3.63, 3.8) is 0 Å². The molecule has 1 aromatic heterocycles. The fourth-order valence-electron chi connectivity index (χ4n) is 1.07. The zero-order chi connectivity index (χ0) is 12.3. The monoisotopic (exact) mass is 265 g/mol. The molecule has 0 aliphatic heterocycles. The number of hydrogen-bond donors (Lipinski definition) is 2. The number of aliphatic carboxylic acids is 1. The molecule has 0 spiro atoms. The highest BCUT2D eigenvalue weighted by atomic mass is 35.5. The summed E-state index contributed by atoms with van der Waals surface area (Å²) in [6.07, 6.45) is 0. The molecule has 6 nitrogen and oxygen atoms in total. The molecule has 1 unspecified atom stereocenters. The molecular weight excluding hydrogens is 254 g/mol. The number of aromatic amines is 1. The van der Waals surface area contributed by atoms with Crippen LogP contribution in [0.2, 0.25) is 0 Å². The van der Waals surface area contributed by atoms with Gasteiger partial charge in [-0.3, -0.25) is 9.36 Å². The van der Waals surface area contributed by atoms with Crippen LogP contribution in [0, 0.1) is 0 Å². The van der Waals surface area contributed by atoms with Crippen LogP contribution < -0.4 is 5.69 Å². The van der Waals surface area contributed by atoms with Gasteiger partial charge in [-0.25, -0.2) is 9.89 Å². The van der Waals surface area contributed by atoms with Gasteiger partial charge in [0.05, 0.1) is 0 Å². The quantitative estimate of drug-likeness (QED) is 0.611. The molecule has 0 saturated carbocycles. The van der Waals surface area contributed by atoms with E-state index in [1.54, 1.807) is 0 Å². The van der Waals surface area contributed by atoms with Crippen molar-refractivity contribution in [1.29, 1.82) is 0 Å². The average molecular weight is 266 g/mol. The van der Waals surface area contributed by atoms with Crippen molar-refractivity contribution in [3.05, 3.63) is 10.5 Å². The summed E-state index contributed by atoms with van der Waals surface area (Å²) in [5.41, 5.74) is -0.307. The van der Waals surface area contributed by atoms with E-state index in [0.717, 1.165) is 11.8 Å². The number of rotatable bonds is 5. The van der Waals surface area contributed by atoms with Crippen molar-refractivity contribution >= 4 is 29.3 Å². The van der Waals surface area contributed by atoms with E-state index in [-0.39, 0.29) is 17.5 Å². The number of hydrogen-bond acceptors (Lipinski definition) is 4. The molecule has 90 valence electrons. The zero-order valence-electron chi connectivity index (χ0n) is 8.81. The Balaban J connectivity index is 2.75. The van der Waals surface area contributed by atoms with Gasteiger partial charge in [0.2, 0.25) is 0 Å². The Morgan fingerprint density at radius 3 is 2.81 bits per heavy atom. The van der Waals surface area contributed by atoms with E-state index in [1.807, 2.05) is 13.8 Å². The van der Waals surface area contributed by atoms with Crippen molar-refractivity contribution in [3.8, 4) is 0 Å². The van der Waals surface area contributed by atoms with E-state index in [9.17, 15) is 9.59 Å². The van der Waals surface area contributed by atoms with E-state index in [2.05, 4.69) is 10.2 Å². The summed E-state index contributed by atoms with van der Waals surface area (Å²) < 4.78 is 1.45. The van der Waals surface area contributed by atoms with Gasteiger partial charge in [-0.05, 0) is 13.8 Å². The zero-order valence-corrected chi connectivity index (χ0v) is 10.4. The van der Waals surface area contributed by atoms with Gasteiger partial charge < -0.3 is 5.11 Å². The van der Waals surface area contributed by atoms with Gasteiger partial charge in [0.1, 0.15) is 5.38 Å². The molecule has 1 atom stereocenters. The highest BCUT2D eigenvalue weighted by Gasteiger charge is 2.17. The molecule has 0 aliphatic rings. The van der Waals surface area contributed by atoms with E-state index >= 15 is 0 Å². The summed E-state index contributed by atoms with van der Waals surface area (Å²) in [4.78, 5) is 21.8. The van der Waals surface area contributed by atoms with Gasteiger partial charge in [0.15, 0.2) is 5.16 Å². The molecule has 0 saturated heterocycles. The molecule has 1 heterocycles. The number of H-pyrrole nitrogens is 1. The number of carboxylic acid groups (broad SMARTS) is 1. The van der Waals surface area contributed by atoms with Gasteiger partial charge in [0, 0.05) is 11.8 Å². The SMILES string of the molecule is CC(C)n1c(SCC(Cl)C(=O)O)n[nH]c1=O. The summed E-state index contributed by atoms with van der Waals surface area (Å²) in [6, 6.07) is -0.0349. The lowest BCUT2D eigenvalue weighted by molar-refractivity contribution is -0.136. The number of nitrogens with zero attached hydrogens (tertiary/aromatic N) is 2. The summed E-state index contributed by atoms with van der Waals surface area (Å²) in [5, 5.41) is 14.2. The number of alkyl halides is 1. The molecule has 0 amide bonds. The molecule has 16 heavy (non-hydrogen) atoms. The Hall–Kier alpha value is -0.950. The first-order chi connectivity index (χ1) is 7.43. The Morgan fingerprint density at radius 1 is 1.69 bits per heavy atom. The number of carbonyl (C=O) groups is 1. The van der Waals surface area contributed by atoms with Gasteiger partial charge in [-0.15, -0.1) is 16.7 Å². The maximum absolute atomic E-state index is 11.3. The van der Waals surface area contributed by atoms with Crippen molar-refractivity contribution in [1.82, 2.24) is 14.8 Å². The number of thioether (sulfide) groups is 1. The molecule has 0 aromatic carbocycles. The van der Waals surface area contributed by atoms with Crippen LogP contribution in [0.4, 0.5) is 0 Å². The van der Waals surface area contributed by atoms with Crippen LogP contribution in [0.25, 0.3) is 0 Å². The predicted octanol–water partition coefficient (Wildman–Crippen LogP) is 0.936. The third-order valence-corrected chi connectivity index (χ3v) is 3.39. The molecule has 0 aliphatic carbocycles. The van der Waals surface area contributed by atoms with Crippen LogP contribution in [-0.4, -0.2) is 37.0 Å². The largest absolute Gasteiger partial charge is 0.480 e. The van der Waals surface area contributed by atoms with Gasteiger partial charge in [0.25, 0.3) is 0 Å². The van der Waals surface area contributed by atoms with Gasteiger partial charge in [-0.1, -0.05) is 11.8 Å². The van der Waals surface area contributed by atoms with Crippen LogP contribution in [0.1, 0.15) is 19.9 Å². The van der Waals surface area contributed by atoms with Crippen LogP contribution >= 0.6 is 23.4 Å². The summed E-state index contributed by atoms with van der Waals surface area (Å²) in [6.45, 7) is 3.69. The Bertz CT molecular complexity index is 428. The second kappa shape index (κ2) is 5.40. The number of aromatic nitrogens is 3. The van der Waals surface area contributed by atoms with E-state index < -0.39 is 11.3 Å². The Labute approximate surface area is 101 Å². The molecule has 0 radical (unpaired) electrons. The second-order valence-corrected chi connectivity index (χ2v) is 4.91. The molecule has 8 heteroatoms. The Morgan fingerprint density at radius 2 is 2.31 bits per heavy atom. The molecule has 2 N–H and O–H groups in total. The summed E-state index contributed by atoms with van der Waals surface area (Å²) in [5.74, 6) is -0.920. The molecule has 0 bridgehead atoms. The Kier molecular flexibility index (Phi) is 4.43. The van der Waals surface area contributed by atoms with Crippen molar-refractivity contribution in [2.24, 2.45) is 0 Å². The van der Waals surface area contributed by atoms with Crippen LogP contribution in [0.5, 0.6) is 0 Å². The highest BCUT2D eigenvalue weighted by Crippen LogP contribution is 2.19. The summed E-state index contributed by atoms with van der Waals surface area (Å²) >= 11 is 6.70. The fourth-order valence-corrected chi connectivity index (χ4v) is 2.24. The first kappa shape index (κ1) is 13.1. The minimum atomic E-state index is -1.08. The van der Waals surface area contributed by atoms with E-state index in [1.165, 1.54) is 4.57 Å². The smallest absolute Gasteiger partial charge is 0.344 e. The maximum atomic E-state index is 11.3. The standard InChI is InChI=1S/C8H12ClN3O3S/c1-4(2)12-7(15)10-11-8(12)16-3-5(9)6(13)14/h4-5H,3H2,1-2H3,(H,10,15)(H,13,14). The fraction of sp³-hybridized carbons (Fsp3) is 0.625. The maximum Gasteiger partial charge on any atom is 0.344 e. The topological polar surface area (TPSA) is 88.0 Å². The minimum Gasteiger partial charge on any atom is -0.480 e. The van der Waals surface area contributed by atoms with Crippen LogP contribution in [-0.2, 0) is 4.79 Å². The number of carboxylic acids is 1. The van der Waals surface area contributed by atoms with Gasteiger partial charge in [-0.2, -0.15) is 0 Å². The first-order valence-electron chi connectivity index (χ1n) is 4.60. The average Bonchev–Trinajstić information content (AvgIpc) is 2.55. The lowest BCUT2D eigenvalue weighted by Gasteiger charge is -2.08.